The number of sulfonamides is 1. The van der Waals surface area contributed by atoms with E-state index in [-0.39, 0.29) is 41.1 Å². The molecule has 0 aliphatic carbocycles. The summed E-state index contributed by atoms with van der Waals surface area (Å²) in [6.45, 7) is 2.66. The molecule has 0 saturated carbocycles. The van der Waals surface area contributed by atoms with Crippen molar-refractivity contribution < 1.29 is 31.2 Å². The van der Waals surface area contributed by atoms with Crippen molar-refractivity contribution in [2.75, 3.05) is 30.8 Å². The van der Waals surface area contributed by atoms with Gasteiger partial charge in [-0.25, -0.2) is 12.8 Å². The third-order valence-corrected chi connectivity index (χ3v) is 8.56. The number of carbonyl (C=O) groups excluding carboxylic acids is 2. The van der Waals surface area contributed by atoms with Gasteiger partial charge in [0.2, 0.25) is 10.0 Å². The van der Waals surface area contributed by atoms with Crippen LogP contribution in [0.2, 0.25) is 0 Å². The predicted octanol–water partition coefficient (Wildman–Crippen LogP) is 5.92. The van der Waals surface area contributed by atoms with Crippen molar-refractivity contribution in [3.8, 4) is 34.8 Å². The Balaban J connectivity index is 2.02. The topological polar surface area (TPSA) is 109 Å². The number of nitrogens with zero attached hydrogens (tertiary/aromatic N) is 1. The van der Waals surface area contributed by atoms with E-state index in [1.54, 1.807) is 37.3 Å². The number of nitrogens with one attached hydrogen (secondary N) is 2. The number of anilines is 1. The first-order chi connectivity index (χ1) is 20.9. The summed E-state index contributed by atoms with van der Waals surface area (Å²) < 4.78 is 60.3. The molecule has 1 aromatic heterocycles. The number of terminal acetylenes is 1. The fraction of sp³-hybridized carbons (Fsp3) is 0.273. The zero-order valence-electron chi connectivity index (χ0n) is 24.8. The molecule has 0 saturated heterocycles. The molecule has 4 aromatic rings. The number of hydrogen-bond donors (Lipinski definition) is 2. The Hall–Kier alpha value is -4.69. The number of halogens is 2. The van der Waals surface area contributed by atoms with Crippen molar-refractivity contribution in [1.82, 2.24) is 10.6 Å². The van der Waals surface area contributed by atoms with E-state index in [0.29, 0.717) is 28.5 Å². The van der Waals surface area contributed by atoms with E-state index in [4.69, 9.17) is 10.8 Å². The maximum Gasteiger partial charge on any atom is 0.255 e. The van der Waals surface area contributed by atoms with Crippen LogP contribution < -0.4 is 14.9 Å². The molecule has 0 radical (unpaired) electrons. The standard InChI is InChI=1S/C33H33F2N3O5S/c1-6-33(3,7-2)37-31(39)23-11-8-10-22(18-23)25-19-26-28(20-27(25)38(17-9-16-34)44(5,41)42)43-30(29(26)32(40)36-4)21-12-14-24(35)15-13-21/h1,8,10-15,18-20H,7,9,16-17H2,2-5H3,(H,36,40)(H,37,39). The van der Waals surface area contributed by atoms with Gasteiger partial charge >= 0.3 is 0 Å². The van der Waals surface area contributed by atoms with Crippen molar-refractivity contribution in [3.63, 3.8) is 0 Å². The van der Waals surface area contributed by atoms with Gasteiger partial charge in [-0.2, -0.15) is 0 Å². The molecule has 230 valence electrons. The minimum absolute atomic E-state index is 0.0723. The van der Waals surface area contributed by atoms with E-state index >= 15 is 0 Å². The Morgan fingerprint density at radius 3 is 2.36 bits per heavy atom. The SMILES string of the molecule is C#CC(C)(CC)NC(=O)c1cccc(-c2cc3c(C(=O)NC)c(-c4ccc(F)cc4)oc3cc2N(CCCF)S(C)(=O)=O)c1. The van der Waals surface area contributed by atoms with Crippen LogP contribution in [0.5, 0.6) is 0 Å². The van der Waals surface area contributed by atoms with Crippen LogP contribution in [0.25, 0.3) is 33.4 Å². The second-order valence-corrected chi connectivity index (χ2v) is 12.4. The average Bonchev–Trinajstić information content (AvgIpc) is 3.38. The van der Waals surface area contributed by atoms with Crippen molar-refractivity contribution >= 4 is 38.5 Å². The van der Waals surface area contributed by atoms with Crippen molar-refractivity contribution in [1.29, 1.82) is 0 Å². The van der Waals surface area contributed by atoms with Gasteiger partial charge < -0.3 is 15.1 Å². The minimum Gasteiger partial charge on any atom is -0.455 e. The number of furan rings is 1. The second kappa shape index (κ2) is 12.9. The van der Waals surface area contributed by atoms with Gasteiger partial charge in [0.25, 0.3) is 11.8 Å². The van der Waals surface area contributed by atoms with E-state index in [1.165, 1.54) is 37.4 Å². The molecule has 2 amide bonds. The molecule has 2 N–H and O–H groups in total. The van der Waals surface area contributed by atoms with Crippen LogP contribution in [0.4, 0.5) is 14.5 Å². The summed E-state index contributed by atoms with van der Waals surface area (Å²) in [7, 11) is -2.47. The van der Waals surface area contributed by atoms with E-state index in [2.05, 4.69) is 16.6 Å². The lowest BCUT2D eigenvalue weighted by Gasteiger charge is -2.25. The molecule has 4 rings (SSSR count). The van der Waals surface area contributed by atoms with E-state index in [9.17, 15) is 26.8 Å². The molecule has 44 heavy (non-hydrogen) atoms. The molecule has 0 aliphatic heterocycles. The van der Waals surface area contributed by atoms with Crippen LogP contribution in [0, 0.1) is 18.2 Å². The van der Waals surface area contributed by atoms with E-state index in [1.807, 2.05) is 6.92 Å². The molecule has 8 nitrogen and oxygen atoms in total. The quantitative estimate of drug-likeness (QED) is 0.202. The summed E-state index contributed by atoms with van der Waals surface area (Å²) in [5.74, 6) is 1.35. The molecule has 0 spiro atoms. The van der Waals surface area contributed by atoms with Gasteiger partial charge in [-0.05, 0) is 67.8 Å². The fourth-order valence-corrected chi connectivity index (χ4v) is 5.74. The van der Waals surface area contributed by atoms with Gasteiger partial charge in [0, 0.05) is 41.7 Å². The molecular formula is C33H33F2N3O5S. The normalized spacial score (nSPS) is 12.8. The molecular weight excluding hydrogens is 588 g/mol. The molecule has 1 heterocycles. The molecule has 0 fully saturated rings. The summed E-state index contributed by atoms with van der Waals surface area (Å²) in [6, 6.07) is 15.0. The lowest BCUT2D eigenvalue weighted by atomic mass is 9.96. The number of alkyl halides is 1. The third-order valence-electron chi connectivity index (χ3n) is 7.38. The number of hydrogen-bond acceptors (Lipinski definition) is 5. The van der Waals surface area contributed by atoms with Gasteiger partial charge in [0.15, 0.2) is 0 Å². The summed E-state index contributed by atoms with van der Waals surface area (Å²) in [6.07, 6.45) is 7.07. The zero-order chi connectivity index (χ0) is 32.2. The Kier molecular flexibility index (Phi) is 9.44. The van der Waals surface area contributed by atoms with Crippen LogP contribution in [0.3, 0.4) is 0 Å². The zero-order valence-corrected chi connectivity index (χ0v) is 25.6. The van der Waals surface area contributed by atoms with Crippen LogP contribution in [-0.2, 0) is 10.0 Å². The molecule has 1 atom stereocenters. The molecule has 3 aromatic carbocycles. The highest BCUT2D eigenvalue weighted by Crippen LogP contribution is 2.42. The van der Waals surface area contributed by atoms with Crippen molar-refractivity contribution in [2.24, 2.45) is 0 Å². The summed E-state index contributed by atoms with van der Waals surface area (Å²) >= 11 is 0. The summed E-state index contributed by atoms with van der Waals surface area (Å²) in [5.41, 5.74) is 1.10. The van der Waals surface area contributed by atoms with E-state index in [0.717, 1.165) is 10.6 Å². The van der Waals surface area contributed by atoms with Gasteiger partial charge in [0.05, 0.1) is 29.7 Å². The minimum atomic E-state index is -3.93. The van der Waals surface area contributed by atoms with Crippen LogP contribution >= 0.6 is 0 Å². The maximum absolute atomic E-state index is 13.7. The monoisotopic (exact) mass is 621 g/mol. The van der Waals surface area contributed by atoms with Crippen molar-refractivity contribution in [2.45, 2.75) is 32.2 Å². The summed E-state index contributed by atoms with van der Waals surface area (Å²) in [4.78, 5) is 26.4. The van der Waals surface area contributed by atoms with E-state index < -0.39 is 39.9 Å². The number of carbonyl (C=O) groups is 2. The highest BCUT2D eigenvalue weighted by atomic mass is 32.2. The fourth-order valence-electron chi connectivity index (χ4n) is 4.77. The van der Waals surface area contributed by atoms with Crippen LogP contribution in [0.1, 0.15) is 47.4 Å². The number of benzene rings is 3. The number of rotatable bonds is 11. The second-order valence-electron chi connectivity index (χ2n) is 10.5. The van der Waals surface area contributed by atoms with Crippen LogP contribution in [-0.4, -0.2) is 52.3 Å². The predicted molar refractivity (Wildman–Crippen MR) is 168 cm³/mol. The average molecular weight is 622 g/mol. The molecule has 0 bridgehead atoms. The smallest absolute Gasteiger partial charge is 0.255 e. The van der Waals surface area contributed by atoms with Gasteiger partial charge in [0.1, 0.15) is 17.2 Å². The molecule has 1 unspecified atom stereocenters. The first-order valence-electron chi connectivity index (χ1n) is 13.9. The Labute approximate surface area is 255 Å². The maximum atomic E-state index is 13.7. The van der Waals surface area contributed by atoms with Gasteiger partial charge in [-0.15, -0.1) is 6.42 Å². The van der Waals surface area contributed by atoms with Gasteiger partial charge in [-0.1, -0.05) is 25.0 Å². The highest BCUT2D eigenvalue weighted by Gasteiger charge is 2.28. The Morgan fingerprint density at radius 2 is 1.77 bits per heavy atom. The Bertz CT molecular complexity index is 1860. The largest absolute Gasteiger partial charge is 0.455 e. The lowest BCUT2D eigenvalue weighted by Crippen LogP contribution is -2.44. The third kappa shape index (κ3) is 6.60. The van der Waals surface area contributed by atoms with Gasteiger partial charge in [-0.3, -0.25) is 18.3 Å². The summed E-state index contributed by atoms with van der Waals surface area (Å²) in [5, 5.41) is 5.79. The first kappa shape index (κ1) is 32.2. The lowest BCUT2D eigenvalue weighted by molar-refractivity contribution is 0.0922. The number of amides is 2. The van der Waals surface area contributed by atoms with Crippen molar-refractivity contribution in [3.05, 3.63) is 77.6 Å². The first-order valence-corrected chi connectivity index (χ1v) is 15.7. The highest BCUT2D eigenvalue weighted by molar-refractivity contribution is 7.92. The van der Waals surface area contributed by atoms with Crippen LogP contribution in [0.15, 0.2) is 65.1 Å². The Morgan fingerprint density at radius 1 is 1.07 bits per heavy atom. The number of fused-ring (bicyclic) bond motifs is 1. The molecule has 0 aliphatic rings. The molecule has 11 heteroatoms.